The Kier molecular flexibility index (Phi) is 3760. The zero-order valence-electron chi connectivity index (χ0n) is 15.7. The van der Waals surface area contributed by atoms with E-state index in [0.717, 1.165) is 0 Å². The molecular weight excluding hydrogens is 557 g/mol. The summed E-state index contributed by atoms with van der Waals surface area (Å²) >= 11 is 0. The minimum Gasteiger partial charge on any atom is -0.346 e. The predicted octanol–water partition coefficient (Wildman–Crippen LogP) is 6.71. The van der Waals surface area contributed by atoms with Crippen molar-refractivity contribution in [2.45, 2.75) is 55.4 Å². The molecule has 0 heterocycles. The van der Waals surface area contributed by atoms with Crippen LogP contribution < -0.4 is 0 Å². The number of hydrogen-bond acceptors (Lipinski definition) is 0. The molecule has 0 atom stereocenters. The van der Waals surface area contributed by atoms with Crippen molar-refractivity contribution in [1.29, 1.82) is 0 Å². The molecule has 0 saturated heterocycles. The van der Waals surface area contributed by atoms with E-state index in [0.29, 0.717) is 0 Å². The van der Waals surface area contributed by atoms with Crippen molar-refractivity contribution in [3.8, 4) is 0 Å². The van der Waals surface area contributed by atoms with Crippen molar-refractivity contribution < 1.29 is 105 Å². The maximum Gasteiger partial charge on any atom is 2.00 e. The quantitative estimate of drug-likeness (QED) is 0.273. The fourth-order valence-electron chi connectivity index (χ4n) is 0. The van der Waals surface area contributed by atoms with Crippen molar-refractivity contribution >= 4 is 0 Å². The Balaban J connectivity index is -0.00000000356. The van der Waals surface area contributed by atoms with Crippen LogP contribution in [-0.2, 0) is 105 Å². The molecule has 0 aromatic heterocycles. The largest absolute Gasteiger partial charge is 2.00 e. The molecule has 0 spiro atoms. The van der Waals surface area contributed by atoms with Crippen molar-refractivity contribution in [3.63, 3.8) is 0 Å². The van der Waals surface area contributed by atoms with Gasteiger partial charge in [0.2, 0.25) is 0 Å². The number of hydrogen-bond donors (Lipinski definition) is 0. The molecule has 0 N–H and O–H groups in total. The van der Waals surface area contributed by atoms with Gasteiger partial charge < -0.3 is 55.4 Å². The van der Waals surface area contributed by atoms with Gasteiger partial charge >= 0.3 is 105 Å². The molecule has 120 valence electrons. The van der Waals surface area contributed by atoms with Gasteiger partial charge in [-0.25, -0.2) is 0 Å². The average molecular weight is 597 g/mol. The van der Waals surface area contributed by atoms with E-state index >= 15 is 0 Å². The van der Waals surface area contributed by atoms with Crippen LogP contribution in [0.25, 0.3) is 0 Å². The molecular formula is C16H40Zr4. The van der Waals surface area contributed by atoms with Crippen LogP contribution in [0.15, 0.2) is 0 Å². The molecule has 4 heteroatoms. The maximum absolute atomic E-state index is 3.25. The smallest absolute Gasteiger partial charge is 0.346 e. The van der Waals surface area contributed by atoms with Gasteiger partial charge in [0.15, 0.2) is 0 Å². The van der Waals surface area contributed by atoms with E-state index in [-0.39, 0.29) is 105 Å². The molecule has 0 fully saturated rings. The zero-order valence-corrected chi connectivity index (χ0v) is 25.5. The minimum atomic E-state index is 0. The van der Waals surface area contributed by atoms with Gasteiger partial charge in [-0.2, -0.15) is 55.4 Å². The Hall–Kier alpha value is 3.53. The van der Waals surface area contributed by atoms with Gasteiger partial charge in [0, 0.05) is 0 Å². The fourth-order valence-corrected chi connectivity index (χ4v) is 0. The second kappa shape index (κ2) is 837. The summed E-state index contributed by atoms with van der Waals surface area (Å²) < 4.78 is 0. The SMILES string of the molecule is [CH2-]C.[CH2-]C.[CH2-]C.[CH2-]C.[CH2-]C.[CH2-]C.[CH2-]C.[CH2-]C.[Zr+2].[Zr+2].[Zr+2].[Zr+2]. The zero-order chi connectivity index (χ0) is 16.0. The fraction of sp³-hybridized carbons (Fsp3) is 0.500. The van der Waals surface area contributed by atoms with E-state index in [2.05, 4.69) is 55.4 Å². The molecule has 0 bridgehead atoms. The summed E-state index contributed by atoms with van der Waals surface area (Å²) in [5, 5.41) is 0. The maximum atomic E-state index is 3.25. The van der Waals surface area contributed by atoms with Crippen molar-refractivity contribution in [3.05, 3.63) is 55.4 Å². The van der Waals surface area contributed by atoms with Crippen LogP contribution in [0.5, 0.6) is 0 Å². The Bertz CT molecular complexity index is 14.4. The molecule has 0 saturated carbocycles. The normalized spacial score (nSPS) is 2.40. The van der Waals surface area contributed by atoms with E-state index in [1.807, 2.05) is 0 Å². The first-order chi connectivity index (χ1) is 8.00. The molecule has 0 amide bonds. The van der Waals surface area contributed by atoms with Crippen LogP contribution in [-0.4, -0.2) is 0 Å². The van der Waals surface area contributed by atoms with Gasteiger partial charge in [-0.05, 0) is 0 Å². The predicted molar refractivity (Wildman–Crippen MR) is 88.2 cm³/mol. The molecule has 0 aliphatic heterocycles. The minimum absolute atomic E-state index is 0. The van der Waals surface area contributed by atoms with Crippen LogP contribution in [0.1, 0.15) is 55.4 Å². The summed E-state index contributed by atoms with van der Waals surface area (Å²) in [7, 11) is 0. The van der Waals surface area contributed by atoms with Gasteiger partial charge in [0.25, 0.3) is 0 Å². The summed E-state index contributed by atoms with van der Waals surface area (Å²) in [5.41, 5.74) is 0. The molecule has 0 aromatic carbocycles. The van der Waals surface area contributed by atoms with Crippen molar-refractivity contribution in [2.75, 3.05) is 0 Å². The van der Waals surface area contributed by atoms with Crippen LogP contribution in [0.3, 0.4) is 0 Å². The topological polar surface area (TPSA) is 0 Å². The van der Waals surface area contributed by atoms with Crippen LogP contribution in [0.4, 0.5) is 0 Å². The molecule has 0 nitrogen and oxygen atoms in total. The molecule has 0 aromatic rings. The second-order valence-electron chi connectivity index (χ2n) is 0. The Morgan fingerprint density at radius 2 is 0.200 bits per heavy atom. The first kappa shape index (κ1) is 89.8. The molecule has 0 radical (unpaired) electrons. The summed E-state index contributed by atoms with van der Waals surface area (Å²) in [6, 6.07) is 0. The van der Waals surface area contributed by atoms with E-state index in [4.69, 9.17) is 0 Å². The third-order valence-electron chi connectivity index (χ3n) is 0. The van der Waals surface area contributed by atoms with E-state index in [1.54, 1.807) is 55.4 Å². The number of rotatable bonds is 0. The van der Waals surface area contributed by atoms with Gasteiger partial charge in [0.1, 0.15) is 0 Å². The second-order valence-corrected chi connectivity index (χ2v) is 0. The Labute approximate surface area is 212 Å². The van der Waals surface area contributed by atoms with E-state index in [9.17, 15) is 0 Å². The van der Waals surface area contributed by atoms with Gasteiger partial charge in [-0.15, -0.1) is 0 Å². The van der Waals surface area contributed by atoms with Crippen molar-refractivity contribution in [1.82, 2.24) is 0 Å². The van der Waals surface area contributed by atoms with Gasteiger partial charge in [0.05, 0.1) is 0 Å². The summed E-state index contributed by atoms with van der Waals surface area (Å²) in [5.74, 6) is 0. The third-order valence-corrected chi connectivity index (χ3v) is 0. The van der Waals surface area contributed by atoms with Crippen molar-refractivity contribution in [2.24, 2.45) is 0 Å². The van der Waals surface area contributed by atoms with E-state index in [1.165, 1.54) is 0 Å². The monoisotopic (exact) mass is 592 g/mol. The molecule has 20 heavy (non-hydrogen) atoms. The Morgan fingerprint density at radius 1 is 0.200 bits per heavy atom. The standard InChI is InChI=1S/8C2H5.4Zr/c8*1-2;;;;/h8*1H2,2H3;;;;/q8*-1;4*+2. The first-order valence-electron chi connectivity index (χ1n) is 5.66. The third kappa shape index (κ3) is 727. The molecule has 0 aliphatic carbocycles. The molecule has 0 unspecified atom stereocenters. The Morgan fingerprint density at radius 3 is 0.200 bits per heavy atom. The summed E-state index contributed by atoms with van der Waals surface area (Å²) in [4.78, 5) is 0. The van der Waals surface area contributed by atoms with E-state index < -0.39 is 0 Å². The average Bonchev–Trinajstić information content (AvgIpc) is 2.54. The first-order valence-corrected chi connectivity index (χ1v) is 5.66. The molecule has 0 aliphatic rings. The van der Waals surface area contributed by atoms with Gasteiger partial charge in [-0.3, -0.25) is 0 Å². The summed E-state index contributed by atoms with van der Waals surface area (Å²) in [6.07, 6.45) is 0. The van der Waals surface area contributed by atoms with Crippen LogP contribution >= 0.6 is 0 Å². The summed E-state index contributed by atoms with van der Waals surface area (Å²) in [6.45, 7) is 40.0. The van der Waals surface area contributed by atoms with Crippen LogP contribution in [0.2, 0.25) is 0 Å². The van der Waals surface area contributed by atoms with Gasteiger partial charge in [-0.1, -0.05) is 0 Å². The van der Waals surface area contributed by atoms with Crippen LogP contribution in [0, 0.1) is 55.4 Å². The molecule has 0 rings (SSSR count).